The van der Waals surface area contributed by atoms with E-state index >= 15 is 0 Å². The molecule has 0 saturated carbocycles. The van der Waals surface area contributed by atoms with Gasteiger partial charge in [0.1, 0.15) is 0 Å². The van der Waals surface area contributed by atoms with E-state index in [-0.39, 0.29) is 30.2 Å². The van der Waals surface area contributed by atoms with Crippen LogP contribution in [0.3, 0.4) is 0 Å². The van der Waals surface area contributed by atoms with Crippen molar-refractivity contribution in [2.24, 2.45) is 0 Å². The number of imide groups is 1. The Balaban J connectivity index is 1.41. The number of carbonyl (C=O) groups is 3. The fourth-order valence-electron chi connectivity index (χ4n) is 3.62. The molecule has 0 radical (unpaired) electrons. The molecule has 1 aliphatic heterocycles. The van der Waals surface area contributed by atoms with Crippen LogP contribution >= 0.6 is 11.8 Å². The number of hydrogen-bond acceptors (Lipinski definition) is 6. The first-order valence-electron chi connectivity index (χ1n) is 11.3. The van der Waals surface area contributed by atoms with Gasteiger partial charge in [-0.25, -0.2) is 0 Å². The van der Waals surface area contributed by atoms with Gasteiger partial charge in [0.15, 0.2) is 18.1 Å². The number of hydrogen-bond donors (Lipinski definition) is 1. The molecule has 7 nitrogen and oxygen atoms in total. The SMILES string of the molecule is COc1cc(/C=C2/SC(=O)N(Cc3ccc(C)cc3)C2=O)ccc1OCC(=O)Nc1cccc(C)c1. The maximum absolute atomic E-state index is 12.9. The highest BCUT2D eigenvalue weighted by atomic mass is 32.2. The molecule has 1 saturated heterocycles. The number of ether oxygens (including phenoxy) is 2. The lowest BCUT2D eigenvalue weighted by atomic mass is 10.1. The monoisotopic (exact) mass is 502 g/mol. The summed E-state index contributed by atoms with van der Waals surface area (Å²) in [7, 11) is 1.49. The van der Waals surface area contributed by atoms with Gasteiger partial charge in [0, 0.05) is 5.69 Å². The molecule has 36 heavy (non-hydrogen) atoms. The van der Waals surface area contributed by atoms with E-state index in [1.807, 2.05) is 62.4 Å². The fourth-order valence-corrected chi connectivity index (χ4v) is 4.46. The summed E-state index contributed by atoms with van der Waals surface area (Å²) < 4.78 is 11.1. The van der Waals surface area contributed by atoms with E-state index in [2.05, 4.69) is 5.32 Å². The molecule has 1 aliphatic rings. The second kappa shape index (κ2) is 11.1. The molecule has 3 aromatic rings. The summed E-state index contributed by atoms with van der Waals surface area (Å²) in [5.74, 6) is 0.166. The predicted molar refractivity (Wildman–Crippen MR) is 141 cm³/mol. The van der Waals surface area contributed by atoms with E-state index < -0.39 is 0 Å². The van der Waals surface area contributed by atoms with Crippen LogP contribution in [0.25, 0.3) is 6.08 Å². The van der Waals surface area contributed by atoms with E-state index in [9.17, 15) is 14.4 Å². The lowest BCUT2D eigenvalue weighted by Gasteiger charge is -2.13. The van der Waals surface area contributed by atoms with E-state index in [0.29, 0.717) is 27.7 Å². The first-order valence-corrected chi connectivity index (χ1v) is 12.1. The molecule has 4 rings (SSSR count). The highest BCUT2D eigenvalue weighted by Gasteiger charge is 2.35. The third-order valence-corrected chi connectivity index (χ3v) is 6.39. The number of benzene rings is 3. The molecular weight excluding hydrogens is 476 g/mol. The van der Waals surface area contributed by atoms with Crippen molar-refractivity contribution in [3.63, 3.8) is 0 Å². The Bertz CT molecular complexity index is 1330. The molecule has 3 aromatic carbocycles. The van der Waals surface area contributed by atoms with Gasteiger partial charge in [-0.3, -0.25) is 19.3 Å². The molecule has 1 heterocycles. The largest absolute Gasteiger partial charge is 0.493 e. The van der Waals surface area contributed by atoms with Gasteiger partial charge in [0.2, 0.25) is 0 Å². The van der Waals surface area contributed by atoms with Gasteiger partial charge in [-0.1, -0.05) is 48.0 Å². The summed E-state index contributed by atoms with van der Waals surface area (Å²) in [6.45, 7) is 3.96. The summed E-state index contributed by atoms with van der Waals surface area (Å²) in [4.78, 5) is 39.2. The maximum Gasteiger partial charge on any atom is 0.293 e. The van der Waals surface area contributed by atoms with Gasteiger partial charge >= 0.3 is 0 Å². The first kappa shape index (κ1) is 25.1. The van der Waals surface area contributed by atoms with Crippen LogP contribution in [0.2, 0.25) is 0 Å². The minimum absolute atomic E-state index is 0.193. The Labute approximate surface area is 214 Å². The molecule has 0 aromatic heterocycles. The number of aryl methyl sites for hydroxylation is 2. The number of thioether (sulfide) groups is 1. The molecule has 1 N–H and O–H groups in total. The number of carbonyl (C=O) groups excluding carboxylic acids is 3. The van der Waals surface area contributed by atoms with Gasteiger partial charge in [-0.05, 0) is 72.6 Å². The van der Waals surface area contributed by atoms with Crippen molar-refractivity contribution >= 4 is 40.6 Å². The Morgan fingerprint density at radius 3 is 2.47 bits per heavy atom. The van der Waals surface area contributed by atoms with Crippen LogP contribution in [0.4, 0.5) is 10.5 Å². The van der Waals surface area contributed by atoms with Crippen LogP contribution in [0.5, 0.6) is 11.5 Å². The normalized spacial score (nSPS) is 14.3. The van der Waals surface area contributed by atoms with Crippen LogP contribution in [-0.4, -0.2) is 35.7 Å². The summed E-state index contributed by atoms with van der Waals surface area (Å²) >= 11 is 0.906. The molecule has 0 aliphatic carbocycles. The smallest absolute Gasteiger partial charge is 0.293 e. The van der Waals surface area contributed by atoms with Crippen molar-refractivity contribution in [2.45, 2.75) is 20.4 Å². The van der Waals surface area contributed by atoms with Crippen LogP contribution in [-0.2, 0) is 16.1 Å². The zero-order chi connectivity index (χ0) is 25.7. The van der Waals surface area contributed by atoms with Crippen molar-refractivity contribution in [1.29, 1.82) is 0 Å². The van der Waals surface area contributed by atoms with Gasteiger partial charge in [-0.2, -0.15) is 0 Å². The van der Waals surface area contributed by atoms with Crippen molar-refractivity contribution in [1.82, 2.24) is 4.90 Å². The topological polar surface area (TPSA) is 84.9 Å². The zero-order valence-corrected chi connectivity index (χ0v) is 21.1. The number of rotatable bonds is 8. The quantitative estimate of drug-likeness (QED) is 0.406. The molecule has 184 valence electrons. The molecule has 3 amide bonds. The van der Waals surface area contributed by atoms with Crippen LogP contribution in [0.15, 0.2) is 71.6 Å². The molecule has 0 bridgehead atoms. The summed E-state index contributed by atoms with van der Waals surface area (Å²) in [6, 6.07) is 20.3. The van der Waals surface area contributed by atoms with Gasteiger partial charge in [0.25, 0.3) is 17.1 Å². The minimum atomic E-state index is -0.335. The Morgan fingerprint density at radius 1 is 0.972 bits per heavy atom. The van der Waals surface area contributed by atoms with Gasteiger partial charge in [0.05, 0.1) is 18.6 Å². The molecule has 8 heteroatoms. The fraction of sp³-hybridized carbons (Fsp3) is 0.179. The van der Waals surface area contributed by atoms with Crippen molar-refractivity contribution in [2.75, 3.05) is 19.0 Å². The Morgan fingerprint density at radius 2 is 1.75 bits per heavy atom. The number of amides is 3. The van der Waals surface area contributed by atoms with Crippen LogP contribution in [0.1, 0.15) is 22.3 Å². The summed E-state index contributed by atoms with van der Waals surface area (Å²) in [5, 5.41) is 2.49. The number of nitrogens with zero attached hydrogens (tertiary/aromatic N) is 1. The summed E-state index contributed by atoms with van der Waals surface area (Å²) in [5.41, 5.74) is 4.41. The van der Waals surface area contributed by atoms with Gasteiger partial charge < -0.3 is 14.8 Å². The van der Waals surface area contributed by atoms with E-state index in [0.717, 1.165) is 28.5 Å². The van der Waals surface area contributed by atoms with Crippen LogP contribution < -0.4 is 14.8 Å². The third kappa shape index (κ3) is 6.14. The molecule has 0 unspecified atom stereocenters. The second-order valence-corrected chi connectivity index (χ2v) is 9.36. The lowest BCUT2D eigenvalue weighted by molar-refractivity contribution is -0.123. The lowest BCUT2D eigenvalue weighted by Crippen LogP contribution is -2.27. The molecular formula is C28H26N2O5S. The van der Waals surface area contributed by atoms with Crippen molar-refractivity contribution in [3.05, 3.63) is 93.9 Å². The van der Waals surface area contributed by atoms with Crippen molar-refractivity contribution < 1.29 is 23.9 Å². The molecule has 0 spiro atoms. The Hall–Kier alpha value is -4.04. The summed E-state index contributed by atoms with van der Waals surface area (Å²) in [6.07, 6.45) is 1.65. The third-order valence-electron chi connectivity index (χ3n) is 5.48. The van der Waals surface area contributed by atoms with Gasteiger partial charge in [-0.15, -0.1) is 0 Å². The van der Waals surface area contributed by atoms with E-state index in [4.69, 9.17) is 9.47 Å². The highest BCUT2D eigenvalue weighted by Crippen LogP contribution is 2.35. The highest BCUT2D eigenvalue weighted by molar-refractivity contribution is 8.18. The number of methoxy groups -OCH3 is 1. The molecule has 0 atom stereocenters. The van der Waals surface area contributed by atoms with E-state index in [1.54, 1.807) is 24.3 Å². The van der Waals surface area contributed by atoms with Crippen LogP contribution in [0, 0.1) is 13.8 Å². The zero-order valence-electron chi connectivity index (χ0n) is 20.2. The molecule has 1 fully saturated rings. The van der Waals surface area contributed by atoms with Crippen molar-refractivity contribution in [3.8, 4) is 11.5 Å². The van der Waals surface area contributed by atoms with E-state index in [1.165, 1.54) is 12.0 Å². The number of anilines is 1. The average molecular weight is 503 g/mol. The first-order chi connectivity index (χ1) is 17.3. The number of nitrogens with one attached hydrogen (secondary N) is 1. The standard InChI is InChI=1S/C28H26N2O5S/c1-18-7-9-20(10-8-18)16-30-27(32)25(36-28(30)33)15-21-11-12-23(24(14-21)34-3)35-17-26(31)29-22-6-4-5-19(2)13-22/h4-15H,16-17H2,1-3H3,(H,29,31)/b25-15+. The Kier molecular flexibility index (Phi) is 7.75. The minimum Gasteiger partial charge on any atom is -0.493 e. The second-order valence-electron chi connectivity index (χ2n) is 8.37. The predicted octanol–water partition coefficient (Wildman–Crippen LogP) is 5.57. The maximum atomic E-state index is 12.9. The average Bonchev–Trinajstić information content (AvgIpc) is 3.11.